The summed E-state index contributed by atoms with van der Waals surface area (Å²) in [6.45, 7) is 0. The molecule has 0 amide bonds. The van der Waals surface area contributed by atoms with Crippen LogP contribution in [-0.4, -0.2) is 17.3 Å². The first-order valence-electron chi connectivity index (χ1n) is 4.25. The fourth-order valence-corrected chi connectivity index (χ4v) is 2.16. The first-order valence-corrected chi connectivity index (χ1v) is 4.25. The lowest BCUT2D eigenvalue weighted by molar-refractivity contribution is -0.129. The second-order valence-electron chi connectivity index (χ2n) is 3.60. The number of rotatable bonds is 0. The molecule has 0 saturated heterocycles. The van der Waals surface area contributed by atoms with Crippen LogP contribution in [0.4, 0.5) is 0 Å². The Morgan fingerprint density at radius 3 is 2.42 bits per heavy atom. The summed E-state index contributed by atoms with van der Waals surface area (Å²) in [5.74, 6) is -0.191. The normalized spacial score (nSPS) is 35.5. The van der Waals surface area contributed by atoms with Gasteiger partial charge in [0.2, 0.25) is 0 Å². The predicted octanol–water partition coefficient (Wildman–Crippen LogP) is 0.514. The van der Waals surface area contributed by atoms with Crippen LogP contribution in [0.15, 0.2) is 0 Å². The summed E-state index contributed by atoms with van der Waals surface area (Å²) in [4.78, 5) is 33.4. The molecule has 2 unspecified atom stereocenters. The molecule has 2 aliphatic carbocycles. The quantitative estimate of drug-likeness (QED) is 0.493. The molecule has 64 valence electrons. The maximum absolute atomic E-state index is 11.2. The summed E-state index contributed by atoms with van der Waals surface area (Å²) >= 11 is 0. The number of ketones is 3. The monoisotopic (exact) mass is 166 g/mol. The SMILES string of the molecule is O=C1CCC2C(=O)CC(=O)C2C1. The Morgan fingerprint density at radius 2 is 1.67 bits per heavy atom. The molecule has 2 fully saturated rings. The molecule has 2 atom stereocenters. The lowest BCUT2D eigenvalue weighted by Gasteiger charge is -2.20. The van der Waals surface area contributed by atoms with E-state index < -0.39 is 0 Å². The molecular weight excluding hydrogens is 156 g/mol. The zero-order valence-electron chi connectivity index (χ0n) is 6.71. The lowest BCUT2D eigenvalue weighted by Crippen LogP contribution is -2.26. The van der Waals surface area contributed by atoms with Crippen LogP contribution in [0, 0.1) is 11.8 Å². The number of hydrogen-bond acceptors (Lipinski definition) is 3. The van der Waals surface area contributed by atoms with Crippen molar-refractivity contribution in [3.05, 3.63) is 0 Å². The van der Waals surface area contributed by atoms with E-state index in [0.29, 0.717) is 19.3 Å². The minimum atomic E-state index is -0.251. The number of Topliss-reactive ketones (excluding diaryl/α,β-unsaturated/α-hetero) is 3. The van der Waals surface area contributed by atoms with Crippen molar-refractivity contribution in [2.45, 2.75) is 25.7 Å². The third-order valence-corrected chi connectivity index (χ3v) is 2.84. The minimum Gasteiger partial charge on any atom is -0.300 e. The molecule has 0 aromatic heterocycles. The fourth-order valence-electron chi connectivity index (χ4n) is 2.16. The van der Waals surface area contributed by atoms with Crippen LogP contribution < -0.4 is 0 Å². The van der Waals surface area contributed by atoms with E-state index in [1.165, 1.54) is 0 Å². The number of fused-ring (bicyclic) bond motifs is 1. The molecular formula is C9H10O3. The Hall–Kier alpha value is -0.990. The van der Waals surface area contributed by atoms with E-state index in [1.807, 2.05) is 0 Å². The second kappa shape index (κ2) is 2.51. The Labute approximate surface area is 70.1 Å². The first kappa shape index (κ1) is 7.65. The maximum Gasteiger partial charge on any atom is 0.144 e. The summed E-state index contributed by atoms with van der Waals surface area (Å²) in [5.41, 5.74) is 0. The topological polar surface area (TPSA) is 51.2 Å². The van der Waals surface area contributed by atoms with Gasteiger partial charge in [-0.3, -0.25) is 14.4 Å². The van der Waals surface area contributed by atoms with Gasteiger partial charge in [0.25, 0.3) is 0 Å². The van der Waals surface area contributed by atoms with Crippen molar-refractivity contribution in [3.63, 3.8) is 0 Å². The van der Waals surface area contributed by atoms with E-state index in [9.17, 15) is 14.4 Å². The molecule has 0 aliphatic heterocycles. The van der Waals surface area contributed by atoms with Crippen molar-refractivity contribution in [1.29, 1.82) is 0 Å². The van der Waals surface area contributed by atoms with Crippen molar-refractivity contribution in [3.8, 4) is 0 Å². The molecule has 0 heterocycles. The van der Waals surface area contributed by atoms with Crippen molar-refractivity contribution >= 4 is 17.3 Å². The molecule has 0 N–H and O–H groups in total. The van der Waals surface area contributed by atoms with Gasteiger partial charge in [-0.15, -0.1) is 0 Å². The molecule has 2 aliphatic rings. The van der Waals surface area contributed by atoms with E-state index in [4.69, 9.17) is 0 Å². The molecule has 0 radical (unpaired) electrons. The maximum atomic E-state index is 11.2. The van der Waals surface area contributed by atoms with Crippen molar-refractivity contribution in [2.24, 2.45) is 11.8 Å². The molecule has 2 saturated carbocycles. The average molecular weight is 166 g/mol. The van der Waals surface area contributed by atoms with Crippen molar-refractivity contribution in [1.82, 2.24) is 0 Å². The fraction of sp³-hybridized carbons (Fsp3) is 0.667. The van der Waals surface area contributed by atoms with Crippen LogP contribution in [0.1, 0.15) is 25.7 Å². The van der Waals surface area contributed by atoms with Crippen molar-refractivity contribution in [2.75, 3.05) is 0 Å². The Balaban J connectivity index is 2.22. The van der Waals surface area contributed by atoms with Gasteiger partial charge in [-0.1, -0.05) is 0 Å². The van der Waals surface area contributed by atoms with Gasteiger partial charge in [0, 0.05) is 24.7 Å². The van der Waals surface area contributed by atoms with Gasteiger partial charge in [0.15, 0.2) is 0 Å². The van der Waals surface area contributed by atoms with Gasteiger partial charge in [0.1, 0.15) is 17.3 Å². The Morgan fingerprint density at radius 1 is 1.00 bits per heavy atom. The summed E-state index contributed by atoms with van der Waals surface area (Å²) in [6.07, 6.45) is 1.48. The van der Waals surface area contributed by atoms with Crippen LogP contribution in [0.2, 0.25) is 0 Å². The van der Waals surface area contributed by atoms with Gasteiger partial charge in [-0.25, -0.2) is 0 Å². The van der Waals surface area contributed by atoms with Gasteiger partial charge >= 0.3 is 0 Å². The highest BCUT2D eigenvalue weighted by atomic mass is 16.2. The van der Waals surface area contributed by atoms with Crippen LogP contribution in [0.5, 0.6) is 0 Å². The van der Waals surface area contributed by atoms with Crippen LogP contribution in [0.25, 0.3) is 0 Å². The highest BCUT2D eigenvalue weighted by molar-refractivity contribution is 6.10. The average Bonchev–Trinajstić information content (AvgIpc) is 2.28. The van der Waals surface area contributed by atoms with Gasteiger partial charge in [0.05, 0.1) is 6.42 Å². The third kappa shape index (κ3) is 1.00. The highest BCUT2D eigenvalue weighted by Crippen LogP contribution is 2.36. The minimum absolute atomic E-state index is 0.0157. The van der Waals surface area contributed by atoms with E-state index in [2.05, 4.69) is 0 Å². The van der Waals surface area contributed by atoms with E-state index >= 15 is 0 Å². The van der Waals surface area contributed by atoms with Crippen LogP contribution in [0.3, 0.4) is 0 Å². The molecule has 0 aromatic rings. The third-order valence-electron chi connectivity index (χ3n) is 2.84. The van der Waals surface area contributed by atoms with E-state index in [-0.39, 0.29) is 35.6 Å². The summed E-state index contributed by atoms with van der Waals surface area (Å²) in [7, 11) is 0. The largest absolute Gasteiger partial charge is 0.300 e. The second-order valence-corrected chi connectivity index (χ2v) is 3.60. The molecule has 12 heavy (non-hydrogen) atoms. The number of carbonyl (C=O) groups excluding carboxylic acids is 3. The van der Waals surface area contributed by atoms with Gasteiger partial charge in [-0.05, 0) is 6.42 Å². The Kier molecular flexibility index (Phi) is 1.60. The van der Waals surface area contributed by atoms with Crippen LogP contribution in [-0.2, 0) is 14.4 Å². The molecule has 2 rings (SSSR count). The molecule has 0 spiro atoms. The molecule has 3 heteroatoms. The number of hydrogen-bond donors (Lipinski definition) is 0. The smallest absolute Gasteiger partial charge is 0.144 e. The van der Waals surface area contributed by atoms with Crippen LogP contribution >= 0.6 is 0 Å². The van der Waals surface area contributed by atoms with Gasteiger partial charge in [-0.2, -0.15) is 0 Å². The summed E-state index contributed by atoms with van der Waals surface area (Å²) in [5, 5.41) is 0. The standard InChI is InChI=1S/C9H10O3/c10-5-1-2-6-7(3-5)9(12)4-8(6)11/h6-7H,1-4H2. The van der Waals surface area contributed by atoms with Crippen molar-refractivity contribution < 1.29 is 14.4 Å². The summed E-state index contributed by atoms with van der Waals surface area (Å²) < 4.78 is 0. The first-order chi connectivity index (χ1) is 5.68. The zero-order valence-corrected chi connectivity index (χ0v) is 6.71. The van der Waals surface area contributed by atoms with Gasteiger partial charge < -0.3 is 0 Å². The van der Waals surface area contributed by atoms with E-state index in [1.54, 1.807) is 0 Å². The zero-order chi connectivity index (χ0) is 8.72. The molecule has 0 bridgehead atoms. The number of carbonyl (C=O) groups is 3. The van der Waals surface area contributed by atoms with E-state index in [0.717, 1.165) is 0 Å². The predicted molar refractivity (Wildman–Crippen MR) is 40.5 cm³/mol. The Bertz CT molecular complexity index is 267. The molecule has 0 aromatic carbocycles. The highest BCUT2D eigenvalue weighted by Gasteiger charge is 2.44. The lowest BCUT2D eigenvalue weighted by atomic mass is 9.80. The molecule has 3 nitrogen and oxygen atoms in total. The summed E-state index contributed by atoms with van der Waals surface area (Å²) in [6, 6.07) is 0.